The molecule has 0 spiro atoms. The molecule has 4 heteroatoms. The number of methoxy groups -OCH3 is 1. The molecule has 4 nitrogen and oxygen atoms in total. The number of rotatable bonds is 11. The van der Waals surface area contributed by atoms with Gasteiger partial charge in [-0.15, -0.1) is 0 Å². The molecule has 0 aromatic rings. The first kappa shape index (κ1) is 16.8. The van der Waals surface area contributed by atoms with Crippen LogP contribution in [0, 0.1) is 0 Å². The molecule has 0 aliphatic carbocycles. The first-order valence-corrected chi connectivity index (χ1v) is 6.61. The Morgan fingerprint density at radius 3 is 2.59 bits per heavy atom. The van der Waals surface area contributed by atoms with E-state index < -0.39 is 0 Å². The summed E-state index contributed by atoms with van der Waals surface area (Å²) in [6.45, 7) is 8.24. The van der Waals surface area contributed by atoms with Crippen LogP contribution in [0.4, 0.5) is 0 Å². The predicted octanol–water partition coefficient (Wildman–Crippen LogP) is 1.10. The van der Waals surface area contributed by atoms with Crippen molar-refractivity contribution in [1.82, 2.24) is 10.2 Å². The van der Waals surface area contributed by atoms with E-state index in [1.165, 1.54) is 0 Å². The number of nitrogens with one attached hydrogen (secondary N) is 1. The van der Waals surface area contributed by atoms with Crippen LogP contribution in [-0.4, -0.2) is 62.6 Å². The highest BCUT2D eigenvalue weighted by atomic mass is 16.5. The van der Waals surface area contributed by atoms with E-state index in [0.717, 1.165) is 45.5 Å². The van der Waals surface area contributed by atoms with Crippen molar-refractivity contribution in [2.45, 2.75) is 38.6 Å². The Hall–Kier alpha value is -0.160. The molecule has 17 heavy (non-hydrogen) atoms. The molecule has 0 rings (SSSR count). The summed E-state index contributed by atoms with van der Waals surface area (Å²) in [5.41, 5.74) is -0.147. The van der Waals surface area contributed by atoms with Gasteiger partial charge in [-0.1, -0.05) is 6.92 Å². The van der Waals surface area contributed by atoms with Crippen LogP contribution in [0.1, 0.15) is 33.1 Å². The van der Waals surface area contributed by atoms with E-state index in [0.29, 0.717) is 0 Å². The largest absolute Gasteiger partial charge is 0.394 e. The highest BCUT2D eigenvalue weighted by Crippen LogP contribution is 2.09. The second-order valence-corrected chi connectivity index (χ2v) is 5.05. The van der Waals surface area contributed by atoms with Gasteiger partial charge in [-0.2, -0.15) is 0 Å². The molecule has 2 N–H and O–H groups in total. The van der Waals surface area contributed by atoms with Crippen molar-refractivity contribution in [3.63, 3.8) is 0 Å². The lowest BCUT2D eigenvalue weighted by atomic mass is 9.98. The van der Waals surface area contributed by atoms with E-state index in [9.17, 15) is 5.11 Å². The fraction of sp³-hybridized carbons (Fsp3) is 1.00. The summed E-state index contributed by atoms with van der Waals surface area (Å²) in [5, 5.41) is 12.9. The summed E-state index contributed by atoms with van der Waals surface area (Å²) in [6, 6.07) is 0. The molecule has 0 heterocycles. The monoisotopic (exact) mass is 246 g/mol. The molecule has 1 unspecified atom stereocenters. The van der Waals surface area contributed by atoms with E-state index in [2.05, 4.69) is 31.1 Å². The lowest BCUT2D eigenvalue weighted by Gasteiger charge is -2.31. The maximum Gasteiger partial charge on any atom is 0.0611 e. The molecule has 0 aliphatic rings. The average Bonchev–Trinajstić information content (AvgIpc) is 2.34. The first-order valence-electron chi connectivity index (χ1n) is 6.61. The third kappa shape index (κ3) is 8.55. The molecular weight excluding hydrogens is 216 g/mol. The molecule has 0 aliphatic heterocycles. The normalized spacial score (nSPS) is 15.2. The molecule has 0 saturated heterocycles. The van der Waals surface area contributed by atoms with Gasteiger partial charge in [-0.3, -0.25) is 0 Å². The van der Waals surface area contributed by atoms with Gasteiger partial charge in [0.1, 0.15) is 0 Å². The summed E-state index contributed by atoms with van der Waals surface area (Å²) in [5.74, 6) is 0. The lowest BCUT2D eigenvalue weighted by molar-refractivity contribution is 0.144. The third-order valence-corrected chi connectivity index (χ3v) is 3.08. The smallest absolute Gasteiger partial charge is 0.0611 e. The van der Waals surface area contributed by atoms with Crippen LogP contribution < -0.4 is 5.32 Å². The molecule has 0 aromatic heterocycles. The molecule has 0 fully saturated rings. The van der Waals surface area contributed by atoms with Gasteiger partial charge in [0, 0.05) is 25.8 Å². The number of aliphatic hydroxyl groups is 1. The maximum atomic E-state index is 9.44. The van der Waals surface area contributed by atoms with Crippen LogP contribution in [0.15, 0.2) is 0 Å². The topological polar surface area (TPSA) is 44.7 Å². The van der Waals surface area contributed by atoms with Crippen LogP contribution >= 0.6 is 0 Å². The van der Waals surface area contributed by atoms with Gasteiger partial charge in [0.25, 0.3) is 0 Å². The minimum Gasteiger partial charge on any atom is -0.394 e. The summed E-state index contributed by atoms with van der Waals surface area (Å²) in [4.78, 5) is 2.29. The molecule has 0 saturated carbocycles. The highest BCUT2D eigenvalue weighted by molar-refractivity contribution is 4.82. The minimum atomic E-state index is -0.147. The fourth-order valence-corrected chi connectivity index (χ4v) is 1.68. The van der Waals surface area contributed by atoms with Crippen molar-refractivity contribution < 1.29 is 9.84 Å². The Balaban J connectivity index is 3.79. The van der Waals surface area contributed by atoms with Crippen LogP contribution in [0.25, 0.3) is 0 Å². The van der Waals surface area contributed by atoms with Crippen LogP contribution in [0.2, 0.25) is 0 Å². The Kier molecular flexibility index (Phi) is 9.74. The number of aliphatic hydroxyl groups excluding tert-OH is 1. The van der Waals surface area contributed by atoms with E-state index in [1.54, 1.807) is 7.11 Å². The van der Waals surface area contributed by atoms with Crippen molar-refractivity contribution in [3.8, 4) is 0 Å². The van der Waals surface area contributed by atoms with Crippen molar-refractivity contribution >= 4 is 0 Å². The fourth-order valence-electron chi connectivity index (χ4n) is 1.68. The summed E-state index contributed by atoms with van der Waals surface area (Å²) in [6.07, 6.45) is 3.12. The van der Waals surface area contributed by atoms with Crippen LogP contribution in [0.5, 0.6) is 0 Å². The minimum absolute atomic E-state index is 0.147. The van der Waals surface area contributed by atoms with Crippen molar-refractivity contribution in [2.75, 3.05) is 47.0 Å². The average molecular weight is 246 g/mol. The van der Waals surface area contributed by atoms with E-state index in [1.807, 2.05) is 0 Å². The Bertz CT molecular complexity index is 179. The molecule has 0 radical (unpaired) electrons. The summed E-state index contributed by atoms with van der Waals surface area (Å²) in [7, 11) is 3.85. The highest BCUT2D eigenvalue weighted by Gasteiger charge is 2.22. The standard InChI is InChI=1S/C13H30N2O2/c1-5-8-14-13(2,12-16)7-10-15(3)9-6-11-17-4/h14,16H,5-12H2,1-4H3. The predicted molar refractivity (Wildman–Crippen MR) is 72.4 cm³/mol. The molecule has 1 atom stereocenters. The van der Waals surface area contributed by atoms with Crippen molar-refractivity contribution in [3.05, 3.63) is 0 Å². The molecular formula is C13H30N2O2. The van der Waals surface area contributed by atoms with Crippen LogP contribution in [-0.2, 0) is 4.74 Å². The lowest BCUT2D eigenvalue weighted by Crippen LogP contribution is -2.48. The number of hydrogen-bond donors (Lipinski definition) is 2. The third-order valence-electron chi connectivity index (χ3n) is 3.08. The quantitative estimate of drug-likeness (QED) is 0.536. The van der Waals surface area contributed by atoms with Crippen LogP contribution in [0.3, 0.4) is 0 Å². The van der Waals surface area contributed by atoms with Gasteiger partial charge in [-0.25, -0.2) is 0 Å². The zero-order chi connectivity index (χ0) is 13.1. The second kappa shape index (κ2) is 9.83. The van der Waals surface area contributed by atoms with E-state index >= 15 is 0 Å². The number of ether oxygens (including phenoxy) is 1. The van der Waals surface area contributed by atoms with Gasteiger partial charge in [-0.05, 0) is 46.3 Å². The molecule has 0 aromatic carbocycles. The Labute approximate surface area is 106 Å². The van der Waals surface area contributed by atoms with Gasteiger partial charge < -0.3 is 20.1 Å². The Morgan fingerprint density at radius 2 is 2.06 bits per heavy atom. The zero-order valence-electron chi connectivity index (χ0n) is 12.0. The van der Waals surface area contributed by atoms with Gasteiger partial charge in [0.15, 0.2) is 0 Å². The second-order valence-electron chi connectivity index (χ2n) is 5.05. The van der Waals surface area contributed by atoms with E-state index in [-0.39, 0.29) is 12.1 Å². The zero-order valence-corrected chi connectivity index (χ0v) is 12.0. The van der Waals surface area contributed by atoms with Gasteiger partial charge in [0.05, 0.1) is 6.61 Å². The van der Waals surface area contributed by atoms with Gasteiger partial charge in [0.2, 0.25) is 0 Å². The Morgan fingerprint density at radius 1 is 1.35 bits per heavy atom. The maximum absolute atomic E-state index is 9.44. The van der Waals surface area contributed by atoms with Crippen molar-refractivity contribution in [1.29, 1.82) is 0 Å². The summed E-state index contributed by atoms with van der Waals surface area (Å²) < 4.78 is 5.03. The van der Waals surface area contributed by atoms with Crippen molar-refractivity contribution in [2.24, 2.45) is 0 Å². The molecule has 104 valence electrons. The first-order chi connectivity index (χ1) is 8.08. The van der Waals surface area contributed by atoms with E-state index in [4.69, 9.17) is 4.74 Å². The number of hydrogen-bond acceptors (Lipinski definition) is 4. The SMILES string of the molecule is CCCNC(C)(CO)CCN(C)CCCOC. The molecule has 0 amide bonds. The summed E-state index contributed by atoms with van der Waals surface area (Å²) >= 11 is 0. The van der Waals surface area contributed by atoms with Gasteiger partial charge >= 0.3 is 0 Å². The number of nitrogens with zero attached hydrogens (tertiary/aromatic N) is 1. The molecule has 0 bridgehead atoms.